The summed E-state index contributed by atoms with van der Waals surface area (Å²) in [6, 6.07) is 6.84. The predicted molar refractivity (Wildman–Crippen MR) is 78.5 cm³/mol. The molecule has 0 saturated carbocycles. The normalized spacial score (nSPS) is 24.0. The van der Waals surface area contributed by atoms with E-state index in [0.717, 1.165) is 0 Å². The number of hydroxylamine groups is 2. The summed E-state index contributed by atoms with van der Waals surface area (Å²) in [5, 5.41) is 3.33. The zero-order valence-corrected chi connectivity index (χ0v) is 12.8. The molecule has 2 atom stereocenters. The van der Waals surface area contributed by atoms with E-state index in [9.17, 15) is 18.0 Å². The van der Waals surface area contributed by atoms with Gasteiger partial charge in [0.15, 0.2) is 0 Å². The molecule has 124 valence electrons. The summed E-state index contributed by atoms with van der Waals surface area (Å²) in [5.41, 5.74) is 0.609. The van der Waals surface area contributed by atoms with Crippen LogP contribution < -0.4 is 5.32 Å². The minimum absolute atomic E-state index is 0.168. The Labute approximate surface area is 132 Å². The molecule has 2 saturated heterocycles. The third-order valence-electron chi connectivity index (χ3n) is 3.84. The molecule has 2 heterocycles. The van der Waals surface area contributed by atoms with E-state index in [2.05, 4.69) is 9.60 Å². The Bertz CT molecular complexity index is 722. The lowest BCUT2D eigenvalue weighted by Gasteiger charge is -2.29. The number of nitrogens with zero attached hydrogens (tertiary/aromatic N) is 2. The summed E-state index contributed by atoms with van der Waals surface area (Å²) in [5.74, 6) is -0.350. The van der Waals surface area contributed by atoms with Crippen LogP contribution in [-0.2, 0) is 19.5 Å². The number of amides is 3. The molecule has 2 aliphatic heterocycles. The van der Waals surface area contributed by atoms with Crippen molar-refractivity contribution in [3.63, 3.8) is 0 Å². The van der Waals surface area contributed by atoms with Crippen LogP contribution in [0.2, 0.25) is 0 Å². The summed E-state index contributed by atoms with van der Waals surface area (Å²) in [4.78, 5) is 25.8. The van der Waals surface area contributed by atoms with Gasteiger partial charge in [0.05, 0.1) is 6.04 Å². The molecule has 3 rings (SSSR count). The van der Waals surface area contributed by atoms with Gasteiger partial charge in [-0.3, -0.25) is 9.35 Å². The molecule has 2 bridgehead atoms. The zero-order chi connectivity index (χ0) is 16.6. The van der Waals surface area contributed by atoms with E-state index < -0.39 is 28.5 Å². The molecule has 0 spiro atoms. The number of piperidine rings is 1. The molecule has 0 aliphatic carbocycles. The van der Waals surface area contributed by atoms with Gasteiger partial charge in [0.25, 0.3) is 0 Å². The van der Waals surface area contributed by atoms with Crippen LogP contribution in [0.4, 0.5) is 10.5 Å². The molecule has 3 amide bonds. The van der Waals surface area contributed by atoms with Crippen LogP contribution in [0.1, 0.15) is 12.8 Å². The average molecular weight is 341 g/mol. The van der Waals surface area contributed by atoms with Crippen molar-refractivity contribution in [2.24, 2.45) is 0 Å². The third kappa shape index (κ3) is 3.28. The molecule has 0 radical (unpaired) electrons. The van der Waals surface area contributed by atoms with E-state index in [1.165, 1.54) is 4.90 Å². The average Bonchev–Trinajstić information content (AvgIpc) is 2.72. The minimum atomic E-state index is -4.79. The second-order valence-electron chi connectivity index (χ2n) is 5.37. The van der Waals surface area contributed by atoms with Gasteiger partial charge < -0.3 is 10.2 Å². The van der Waals surface area contributed by atoms with Gasteiger partial charge in [-0.15, -0.1) is 4.28 Å². The Kier molecular flexibility index (Phi) is 3.96. The number of carbonyl (C=O) groups is 2. The maximum Gasteiger partial charge on any atom is 0.418 e. The fourth-order valence-electron chi connectivity index (χ4n) is 2.85. The highest BCUT2D eigenvalue weighted by atomic mass is 32.3. The first-order chi connectivity index (χ1) is 10.8. The van der Waals surface area contributed by atoms with Crippen molar-refractivity contribution in [3.8, 4) is 0 Å². The molecule has 2 fully saturated rings. The minimum Gasteiger partial charge on any atom is -0.324 e. The topological polar surface area (TPSA) is 116 Å². The highest BCUT2D eigenvalue weighted by Gasteiger charge is 2.49. The number of hydrogen-bond acceptors (Lipinski definition) is 5. The van der Waals surface area contributed by atoms with Crippen molar-refractivity contribution in [1.82, 2.24) is 9.96 Å². The van der Waals surface area contributed by atoms with Crippen LogP contribution in [0, 0.1) is 0 Å². The zero-order valence-electron chi connectivity index (χ0n) is 12.0. The number of rotatable bonds is 4. The number of anilines is 1. The Morgan fingerprint density at radius 2 is 1.96 bits per heavy atom. The molecule has 23 heavy (non-hydrogen) atoms. The summed E-state index contributed by atoms with van der Waals surface area (Å²) < 4.78 is 34.7. The van der Waals surface area contributed by atoms with E-state index in [1.54, 1.807) is 24.3 Å². The van der Waals surface area contributed by atoms with Gasteiger partial charge in [-0.05, 0) is 25.0 Å². The van der Waals surface area contributed by atoms with Gasteiger partial charge in [-0.2, -0.15) is 13.5 Å². The lowest BCUT2D eigenvalue weighted by atomic mass is 10.0. The van der Waals surface area contributed by atoms with Gasteiger partial charge in [-0.1, -0.05) is 18.2 Å². The van der Waals surface area contributed by atoms with Crippen molar-refractivity contribution >= 4 is 28.0 Å². The number of hydrogen-bond donors (Lipinski definition) is 2. The third-order valence-corrected chi connectivity index (χ3v) is 4.19. The Hall–Kier alpha value is -2.17. The fourth-order valence-corrected chi connectivity index (χ4v) is 3.24. The number of benzene rings is 1. The van der Waals surface area contributed by atoms with Crippen LogP contribution in [0.3, 0.4) is 0 Å². The monoisotopic (exact) mass is 341 g/mol. The van der Waals surface area contributed by atoms with Gasteiger partial charge in [0.1, 0.15) is 6.04 Å². The summed E-state index contributed by atoms with van der Waals surface area (Å²) in [7, 11) is -4.79. The van der Waals surface area contributed by atoms with Crippen molar-refractivity contribution < 1.29 is 26.8 Å². The number of urea groups is 1. The maximum absolute atomic E-state index is 12.4. The fraction of sp³-hybridized carbons (Fsp3) is 0.385. The van der Waals surface area contributed by atoms with Crippen molar-refractivity contribution in [1.29, 1.82) is 0 Å². The number of carbonyl (C=O) groups excluding carboxylic acids is 2. The highest BCUT2D eigenvalue weighted by Crippen LogP contribution is 2.31. The van der Waals surface area contributed by atoms with E-state index in [0.29, 0.717) is 23.6 Å². The van der Waals surface area contributed by atoms with Crippen LogP contribution in [0.25, 0.3) is 0 Å². The van der Waals surface area contributed by atoms with E-state index in [1.807, 2.05) is 6.07 Å². The van der Waals surface area contributed by atoms with Gasteiger partial charge in [0, 0.05) is 12.2 Å². The van der Waals surface area contributed by atoms with Gasteiger partial charge >= 0.3 is 16.4 Å². The Balaban J connectivity index is 1.72. The first-order valence-electron chi connectivity index (χ1n) is 6.98. The van der Waals surface area contributed by atoms with Crippen molar-refractivity contribution in [2.45, 2.75) is 24.9 Å². The molecule has 1 aromatic rings. The lowest BCUT2D eigenvalue weighted by molar-refractivity contribution is -0.120. The standard InChI is InChI=1S/C13H15N3O6S/c17-12(14-9-4-2-1-3-5-9)11-7-6-10-8-15(11)13(18)16(10)22-23(19,20)21/h1-5,10-11H,6-8H2,(H,14,17)(H,19,20,21)/t10-,11+/m1/s1. The molecular weight excluding hydrogens is 326 g/mol. The predicted octanol–water partition coefficient (Wildman–Crippen LogP) is 0.628. The van der Waals surface area contributed by atoms with E-state index in [4.69, 9.17) is 4.55 Å². The summed E-state index contributed by atoms with van der Waals surface area (Å²) in [6.07, 6.45) is 0.769. The van der Waals surface area contributed by atoms with Crippen LogP contribution >= 0.6 is 0 Å². The van der Waals surface area contributed by atoms with Gasteiger partial charge in [-0.25, -0.2) is 4.79 Å². The van der Waals surface area contributed by atoms with Gasteiger partial charge in [0.2, 0.25) is 5.91 Å². The molecule has 2 N–H and O–H groups in total. The number of fused-ring (bicyclic) bond motifs is 2. The first-order valence-corrected chi connectivity index (χ1v) is 8.34. The molecule has 1 aromatic carbocycles. The molecule has 0 aromatic heterocycles. The molecule has 2 aliphatic rings. The smallest absolute Gasteiger partial charge is 0.324 e. The number of nitrogens with one attached hydrogen (secondary N) is 1. The molecular formula is C13H15N3O6S. The summed E-state index contributed by atoms with van der Waals surface area (Å²) in [6.45, 7) is 0.168. The molecule has 9 nitrogen and oxygen atoms in total. The second kappa shape index (κ2) is 5.80. The largest absolute Gasteiger partial charge is 0.418 e. The molecule has 0 unspecified atom stereocenters. The molecule has 10 heteroatoms. The summed E-state index contributed by atoms with van der Waals surface area (Å²) >= 11 is 0. The SMILES string of the molecule is O=C(Nc1ccccc1)[C@@H]1CC[C@@H]2CN1C(=O)N2OS(=O)(=O)O. The quantitative estimate of drug-likeness (QED) is 0.776. The van der Waals surface area contributed by atoms with E-state index in [-0.39, 0.29) is 12.5 Å². The Morgan fingerprint density at radius 1 is 1.26 bits per heavy atom. The maximum atomic E-state index is 12.4. The Morgan fingerprint density at radius 3 is 2.61 bits per heavy atom. The van der Waals surface area contributed by atoms with Crippen molar-refractivity contribution in [3.05, 3.63) is 30.3 Å². The van der Waals surface area contributed by atoms with Crippen LogP contribution in [0.15, 0.2) is 30.3 Å². The van der Waals surface area contributed by atoms with Crippen LogP contribution in [0.5, 0.6) is 0 Å². The lowest BCUT2D eigenvalue weighted by Crippen LogP contribution is -2.47. The van der Waals surface area contributed by atoms with Crippen LogP contribution in [-0.4, -0.2) is 53.5 Å². The number of para-hydroxylation sites is 1. The second-order valence-corrected chi connectivity index (χ2v) is 6.37. The van der Waals surface area contributed by atoms with E-state index >= 15 is 0 Å². The van der Waals surface area contributed by atoms with Crippen molar-refractivity contribution in [2.75, 3.05) is 11.9 Å². The highest BCUT2D eigenvalue weighted by molar-refractivity contribution is 7.80. The first kappa shape index (κ1) is 15.7.